The van der Waals surface area contributed by atoms with Crippen LogP contribution in [-0.4, -0.2) is 12.0 Å². The molecule has 0 heterocycles. The van der Waals surface area contributed by atoms with Crippen LogP contribution in [0.2, 0.25) is 0 Å². The van der Waals surface area contributed by atoms with Gasteiger partial charge in [-0.15, -0.1) is 23.5 Å². The molecule has 2 aromatic carbocycles. The van der Waals surface area contributed by atoms with Gasteiger partial charge in [-0.05, 0) is 35.3 Å². The minimum absolute atomic E-state index is 1.10. The van der Waals surface area contributed by atoms with Gasteiger partial charge in [0.25, 0.3) is 0 Å². The summed E-state index contributed by atoms with van der Waals surface area (Å²) in [5, 5.41) is 0. The SMILES string of the molecule is CCSc1ccccc1-c1ccc[c]c1SC. The van der Waals surface area contributed by atoms with Gasteiger partial charge in [-0.3, -0.25) is 0 Å². The predicted molar refractivity (Wildman–Crippen MR) is 78.9 cm³/mol. The molecule has 1 radical (unpaired) electrons. The minimum Gasteiger partial charge on any atom is -0.128 e. The molecule has 0 aromatic heterocycles. The molecular formula is C15H15S2. The van der Waals surface area contributed by atoms with Crippen molar-refractivity contribution in [3.63, 3.8) is 0 Å². The van der Waals surface area contributed by atoms with Crippen molar-refractivity contribution in [1.29, 1.82) is 0 Å². The molecule has 0 atom stereocenters. The van der Waals surface area contributed by atoms with Gasteiger partial charge in [0.2, 0.25) is 0 Å². The minimum atomic E-state index is 1.10. The summed E-state index contributed by atoms with van der Waals surface area (Å²) in [5.41, 5.74) is 2.61. The first kappa shape index (κ1) is 12.6. The third-order valence-corrected chi connectivity index (χ3v) is 4.20. The Morgan fingerprint density at radius 3 is 2.59 bits per heavy atom. The van der Waals surface area contributed by atoms with Crippen LogP contribution in [0.15, 0.2) is 52.3 Å². The maximum absolute atomic E-state index is 3.31. The molecule has 0 spiro atoms. The van der Waals surface area contributed by atoms with Crippen LogP contribution in [0.3, 0.4) is 0 Å². The van der Waals surface area contributed by atoms with Crippen LogP contribution < -0.4 is 0 Å². The third kappa shape index (κ3) is 2.88. The van der Waals surface area contributed by atoms with E-state index in [1.54, 1.807) is 11.8 Å². The summed E-state index contributed by atoms with van der Waals surface area (Å²) in [4.78, 5) is 2.57. The molecule has 0 aliphatic carbocycles. The van der Waals surface area contributed by atoms with Crippen LogP contribution in [0.1, 0.15) is 6.92 Å². The summed E-state index contributed by atoms with van der Waals surface area (Å²) in [6.07, 6.45) is 2.10. The van der Waals surface area contributed by atoms with Gasteiger partial charge in [0.05, 0.1) is 0 Å². The molecular weight excluding hydrogens is 244 g/mol. The monoisotopic (exact) mass is 259 g/mol. The molecule has 0 amide bonds. The zero-order chi connectivity index (χ0) is 12.1. The van der Waals surface area contributed by atoms with Crippen LogP contribution in [-0.2, 0) is 0 Å². The second-order valence-electron chi connectivity index (χ2n) is 3.55. The molecule has 0 aliphatic heterocycles. The average Bonchev–Trinajstić information content (AvgIpc) is 2.40. The standard InChI is InChI=1S/C15H15S2/c1-3-17-15-11-7-5-9-13(15)12-8-4-6-10-14(12)16-2/h4-9,11H,3H2,1-2H3. The molecule has 2 aromatic rings. The van der Waals surface area contributed by atoms with E-state index < -0.39 is 0 Å². The Kier molecular flexibility index (Phi) is 4.57. The first-order chi connectivity index (χ1) is 8.36. The lowest BCUT2D eigenvalue weighted by molar-refractivity contribution is 1.36. The summed E-state index contributed by atoms with van der Waals surface area (Å²) in [5.74, 6) is 1.10. The van der Waals surface area contributed by atoms with Crippen molar-refractivity contribution >= 4 is 23.5 Å². The van der Waals surface area contributed by atoms with Crippen LogP contribution in [0.25, 0.3) is 11.1 Å². The molecule has 0 aliphatic rings. The van der Waals surface area contributed by atoms with E-state index in [1.807, 2.05) is 17.8 Å². The lowest BCUT2D eigenvalue weighted by Crippen LogP contribution is -1.85. The Morgan fingerprint density at radius 1 is 1.06 bits per heavy atom. The van der Waals surface area contributed by atoms with Crippen LogP contribution in [0, 0.1) is 6.07 Å². The van der Waals surface area contributed by atoms with Crippen LogP contribution in [0.4, 0.5) is 0 Å². The maximum atomic E-state index is 3.31. The normalized spacial score (nSPS) is 10.5. The molecule has 0 unspecified atom stereocenters. The third-order valence-electron chi connectivity index (χ3n) is 2.50. The number of rotatable bonds is 4. The van der Waals surface area contributed by atoms with E-state index >= 15 is 0 Å². The van der Waals surface area contributed by atoms with E-state index in [2.05, 4.69) is 55.6 Å². The average molecular weight is 259 g/mol. The van der Waals surface area contributed by atoms with Gasteiger partial charge in [0.1, 0.15) is 0 Å². The molecule has 0 nitrogen and oxygen atoms in total. The Bertz CT molecular complexity index is 492. The van der Waals surface area contributed by atoms with E-state index in [0.29, 0.717) is 0 Å². The highest BCUT2D eigenvalue weighted by Gasteiger charge is 2.08. The summed E-state index contributed by atoms with van der Waals surface area (Å²) < 4.78 is 0. The number of benzene rings is 2. The van der Waals surface area contributed by atoms with Crippen LogP contribution >= 0.6 is 23.5 Å². The fourth-order valence-electron chi connectivity index (χ4n) is 1.77. The van der Waals surface area contributed by atoms with E-state index in [-0.39, 0.29) is 0 Å². The van der Waals surface area contributed by atoms with Gasteiger partial charge in [-0.25, -0.2) is 0 Å². The van der Waals surface area contributed by atoms with Gasteiger partial charge < -0.3 is 0 Å². The van der Waals surface area contributed by atoms with Crippen molar-refractivity contribution in [2.75, 3.05) is 12.0 Å². The molecule has 0 N–H and O–H groups in total. The van der Waals surface area contributed by atoms with Gasteiger partial charge in [-0.1, -0.05) is 43.3 Å². The summed E-state index contributed by atoms with van der Waals surface area (Å²) in [6, 6.07) is 18.1. The molecule has 2 rings (SSSR count). The topological polar surface area (TPSA) is 0 Å². The fraction of sp³-hybridized carbons (Fsp3) is 0.200. The highest BCUT2D eigenvalue weighted by atomic mass is 32.2. The molecule has 0 bridgehead atoms. The Labute approximate surface area is 112 Å². The Morgan fingerprint density at radius 2 is 1.82 bits per heavy atom. The molecule has 0 saturated carbocycles. The summed E-state index contributed by atoms with van der Waals surface area (Å²) in [6.45, 7) is 2.19. The van der Waals surface area contributed by atoms with Gasteiger partial charge >= 0.3 is 0 Å². The molecule has 0 fully saturated rings. The summed E-state index contributed by atoms with van der Waals surface area (Å²) in [7, 11) is 0. The van der Waals surface area contributed by atoms with Crippen molar-refractivity contribution in [2.24, 2.45) is 0 Å². The second kappa shape index (κ2) is 6.18. The fourth-order valence-corrected chi connectivity index (χ4v) is 3.18. The highest BCUT2D eigenvalue weighted by Crippen LogP contribution is 2.35. The second-order valence-corrected chi connectivity index (χ2v) is 5.67. The van der Waals surface area contributed by atoms with Crippen LogP contribution in [0.5, 0.6) is 0 Å². The van der Waals surface area contributed by atoms with Crippen molar-refractivity contribution in [2.45, 2.75) is 16.7 Å². The zero-order valence-corrected chi connectivity index (χ0v) is 11.7. The molecule has 17 heavy (non-hydrogen) atoms. The Balaban J connectivity index is 2.52. The lowest BCUT2D eigenvalue weighted by atomic mass is 10.1. The molecule has 2 heteroatoms. The summed E-state index contributed by atoms with van der Waals surface area (Å²) >= 11 is 3.65. The largest absolute Gasteiger partial charge is 0.128 e. The molecule has 0 saturated heterocycles. The zero-order valence-electron chi connectivity index (χ0n) is 10.1. The highest BCUT2D eigenvalue weighted by molar-refractivity contribution is 7.99. The van der Waals surface area contributed by atoms with Crippen molar-refractivity contribution in [1.82, 2.24) is 0 Å². The molecule has 87 valence electrons. The van der Waals surface area contributed by atoms with E-state index in [1.165, 1.54) is 20.9 Å². The first-order valence-electron chi connectivity index (χ1n) is 5.63. The number of hydrogen-bond acceptors (Lipinski definition) is 2. The van der Waals surface area contributed by atoms with Gasteiger partial charge in [0, 0.05) is 9.79 Å². The lowest BCUT2D eigenvalue weighted by Gasteiger charge is -2.11. The predicted octanol–water partition coefficient (Wildman–Crippen LogP) is 4.99. The van der Waals surface area contributed by atoms with E-state index in [0.717, 1.165) is 5.75 Å². The van der Waals surface area contributed by atoms with E-state index in [9.17, 15) is 0 Å². The smallest absolute Gasteiger partial charge is 0.0227 e. The van der Waals surface area contributed by atoms with Crippen molar-refractivity contribution in [3.05, 3.63) is 48.5 Å². The van der Waals surface area contributed by atoms with Crippen molar-refractivity contribution < 1.29 is 0 Å². The number of thioether (sulfide) groups is 2. The van der Waals surface area contributed by atoms with Gasteiger partial charge in [0.15, 0.2) is 0 Å². The quantitative estimate of drug-likeness (QED) is 0.710. The number of hydrogen-bond donors (Lipinski definition) is 0. The van der Waals surface area contributed by atoms with Gasteiger partial charge in [-0.2, -0.15) is 0 Å². The Hall–Kier alpha value is -0.860. The maximum Gasteiger partial charge on any atom is 0.0227 e. The van der Waals surface area contributed by atoms with Crippen molar-refractivity contribution in [3.8, 4) is 11.1 Å². The first-order valence-corrected chi connectivity index (χ1v) is 7.84. The van der Waals surface area contributed by atoms with E-state index in [4.69, 9.17) is 0 Å².